The van der Waals surface area contributed by atoms with Crippen LogP contribution >= 0.6 is 12.4 Å². The Kier molecular flexibility index (Phi) is 5.35. The van der Waals surface area contributed by atoms with Crippen LogP contribution in [-0.4, -0.2) is 37.9 Å². The summed E-state index contributed by atoms with van der Waals surface area (Å²) in [7, 11) is 0. The Morgan fingerprint density at radius 3 is 2.60 bits per heavy atom. The fourth-order valence-corrected chi connectivity index (χ4v) is 3.71. The van der Waals surface area contributed by atoms with Crippen LogP contribution in [0.25, 0.3) is 28.6 Å². The van der Waals surface area contributed by atoms with Crippen LogP contribution < -0.4 is 10.9 Å². The van der Waals surface area contributed by atoms with Crippen LogP contribution in [0.5, 0.6) is 0 Å². The lowest BCUT2D eigenvalue weighted by Crippen LogP contribution is -2.28. The second-order valence-electron chi connectivity index (χ2n) is 7.00. The Balaban J connectivity index is 0.00000218. The first kappa shape index (κ1) is 19.8. The van der Waals surface area contributed by atoms with E-state index in [0.717, 1.165) is 31.6 Å². The van der Waals surface area contributed by atoms with Gasteiger partial charge >= 0.3 is 0 Å². The molecular formula is C20H18ClN7O2. The smallest absolute Gasteiger partial charge is 0.253 e. The van der Waals surface area contributed by atoms with Crippen LogP contribution in [0.3, 0.4) is 0 Å². The van der Waals surface area contributed by atoms with E-state index in [1.165, 1.54) is 0 Å². The van der Waals surface area contributed by atoms with Crippen molar-refractivity contribution in [1.82, 2.24) is 30.1 Å². The average molecular weight is 424 g/mol. The van der Waals surface area contributed by atoms with Crippen LogP contribution in [0.1, 0.15) is 30.0 Å². The van der Waals surface area contributed by atoms with Crippen LogP contribution in [0.4, 0.5) is 0 Å². The van der Waals surface area contributed by atoms with E-state index in [1.54, 1.807) is 41.0 Å². The third-order valence-corrected chi connectivity index (χ3v) is 5.21. The lowest BCUT2D eigenvalue weighted by atomic mass is 9.94. The Bertz CT molecular complexity index is 1280. The molecule has 1 aromatic carbocycles. The molecule has 4 heterocycles. The summed E-state index contributed by atoms with van der Waals surface area (Å²) in [5.74, 6) is 0.879. The van der Waals surface area contributed by atoms with Crippen molar-refractivity contribution in [2.75, 3.05) is 13.1 Å². The van der Waals surface area contributed by atoms with Gasteiger partial charge in [-0.05, 0) is 50.2 Å². The molecule has 0 bridgehead atoms. The number of aromatic nitrogens is 5. The van der Waals surface area contributed by atoms with Gasteiger partial charge < -0.3 is 14.7 Å². The van der Waals surface area contributed by atoms with Crippen molar-refractivity contribution in [3.05, 3.63) is 58.1 Å². The molecule has 1 saturated heterocycles. The molecule has 1 fully saturated rings. The SMILES string of the molecule is Cl.N#Cc1ccc(-c2nnc(-c3cnn4c(C5CCNCC5)cc(=O)[nH]c34)o2)cc1. The molecule has 0 spiro atoms. The molecule has 0 saturated carbocycles. The van der Waals surface area contributed by atoms with E-state index in [4.69, 9.17) is 9.68 Å². The summed E-state index contributed by atoms with van der Waals surface area (Å²) in [5, 5.41) is 25.0. The number of rotatable bonds is 3. The quantitative estimate of drug-likeness (QED) is 0.518. The first-order valence-corrected chi connectivity index (χ1v) is 9.39. The van der Waals surface area contributed by atoms with E-state index in [-0.39, 0.29) is 29.8 Å². The highest BCUT2D eigenvalue weighted by Gasteiger charge is 2.22. The number of aromatic amines is 1. The molecule has 152 valence electrons. The van der Waals surface area contributed by atoms with Gasteiger partial charge in [0.25, 0.3) is 11.4 Å². The summed E-state index contributed by atoms with van der Waals surface area (Å²) in [6.45, 7) is 1.84. The molecule has 2 N–H and O–H groups in total. The summed E-state index contributed by atoms with van der Waals surface area (Å²) in [4.78, 5) is 15.2. The summed E-state index contributed by atoms with van der Waals surface area (Å²) >= 11 is 0. The minimum Gasteiger partial charge on any atom is -0.416 e. The summed E-state index contributed by atoms with van der Waals surface area (Å²) in [5.41, 5.74) is 3.09. The number of H-pyrrole nitrogens is 1. The minimum atomic E-state index is -0.181. The van der Waals surface area contributed by atoms with E-state index >= 15 is 0 Å². The number of benzene rings is 1. The van der Waals surface area contributed by atoms with Crippen molar-refractivity contribution in [3.63, 3.8) is 0 Å². The van der Waals surface area contributed by atoms with Crippen LogP contribution in [-0.2, 0) is 0 Å². The van der Waals surface area contributed by atoms with Gasteiger partial charge in [0.15, 0.2) is 0 Å². The monoisotopic (exact) mass is 423 g/mol. The van der Waals surface area contributed by atoms with Gasteiger partial charge in [0, 0.05) is 17.5 Å². The standard InChI is InChI=1S/C20H17N7O2.ClH/c21-10-12-1-3-14(4-2-12)19-25-26-20(29-19)15-11-23-27-16(9-17(28)24-18(15)27)13-5-7-22-8-6-13;/h1-4,9,11,13,22H,5-8H2,(H,24,28);1H. The Labute approximate surface area is 177 Å². The highest BCUT2D eigenvalue weighted by molar-refractivity contribution is 5.85. The van der Waals surface area contributed by atoms with Crippen molar-refractivity contribution < 1.29 is 4.42 Å². The molecule has 0 aliphatic carbocycles. The highest BCUT2D eigenvalue weighted by Crippen LogP contribution is 2.29. The second kappa shape index (κ2) is 8.10. The van der Waals surface area contributed by atoms with E-state index < -0.39 is 0 Å². The molecule has 0 amide bonds. The van der Waals surface area contributed by atoms with Crippen molar-refractivity contribution in [1.29, 1.82) is 5.26 Å². The van der Waals surface area contributed by atoms with Gasteiger partial charge in [-0.3, -0.25) is 4.79 Å². The van der Waals surface area contributed by atoms with Crippen molar-refractivity contribution in [3.8, 4) is 29.0 Å². The Morgan fingerprint density at radius 2 is 1.87 bits per heavy atom. The zero-order valence-corrected chi connectivity index (χ0v) is 16.6. The maximum absolute atomic E-state index is 12.3. The molecule has 4 aromatic rings. The topological polar surface area (TPSA) is 125 Å². The van der Waals surface area contributed by atoms with Gasteiger partial charge in [0.05, 0.1) is 23.5 Å². The van der Waals surface area contributed by atoms with Crippen molar-refractivity contribution >= 4 is 18.1 Å². The largest absolute Gasteiger partial charge is 0.416 e. The van der Waals surface area contributed by atoms with E-state index in [9.17, 15) is 4.79 Å². The van der Waals surface area contributed by atoms with Gasteiger partial charge in [0.1, 0.15) is 11.2 Å². The lowest BCUT2D eigenvalue weighted by molar-refractivity contribution is 0.446. The summed E-state index contributed by atoms with van der Waals surface area (Å²) < 4.78 is 7.59. The molecule has 0 atom stereocenters. The normalized spacial score (nSPS) is 14.4. The maximum atomic E-state index is 12.3. The molecule has 10 heteroatoms. The number of nitriles is 1. The Morgan fingerprint density at radius 1 is 1.13 bits per heavy atom. The number of fused-ring (bicyclic) bond motifs is 1. The molecule has 9 nitrogen and oxygen atoms in total. The highest BCUT2D eigenvalue weighted by atomic mass is 35.5. The fourth-order valence-electron chi connectivity index (χ4n) is 3.71. The van der Waals surface area contributed by atoms with Crippen LogP contribution in [0.15, 0.2) is 45.7 Å². The van der Waals surface area contributed by atoms with Crippen LogP contribution in [0, 0.1) is 11.3 Å². The number of nitrogens with one attached hydrogen (secondary N) is 2. The molecule has 0 radical (unpaired) electrons. The average Bonchev–Trinajstić information content (AvgIpc) is 3.41. The number of hydrogen-bond donors (Lipinski definition) is 2. The zero-order chi connectivity index (χ0) is 19.8. The fraction of sp³-hybridized carbons (Fsp3) is 0.250. The lowest BCUT2D eigenvalue weighted by Gasteiger charge is -2.23. The molecule has 3 aromatic heterocycles. The maximum Gasteiger partial charge on any atom is 0.253 e. The van der Waals surface area contributed by atoms with Gasteiger partial charge in [-0.1, -0.05) is 0 Å². The summed E-state index contributed by atoms with van der Waals surface area (Å²) in [6.07, 6.45) is 3.54. The zero-order valence-electron chi connectivity index (χ0n) is 15.8. The van der Waals surface area contributed by atoms with Crippen molar-refractivity contribution in [2.24, 2.45) is 0 Å². The number of nitrogens with zero attached hydrogens (tertiary/aromatic N) is 5. The van der Waals surface area contributed by atoms with Crippen molar-refractivity contribution in [2.45, 2.75) is 18.8 Å². The summed E-state index contributed by atoms with van der Waals surface area (Å²) in [6, 6.07) is 10.6. The predicted molar refractivity (Wildman–Crippen MR) is 111 cm³/mol. The Hall–Kier alpha value is -3.48. The molecule has 1 aliphatic rings. The van der Waals surface area contributed by atoms with E-state index in [0.29, 0.717) is 28.2 Å². The second-order valence-corrected chi connectivity index (χ2v) is 7.00. The molecule has 1 aliphatic heterocycles. The minimum absolute atomic E-state index is 0. The third kappa shape index (κ3) is 3.47. The van der Waals surface area contributed by atoms with Gasteiger partial charge in [0.2, 0.25) is 5.89 Å². The first-order chi connectivity index (χ1) is 14.2. The van der Waals surface area contributed by atoms with Gasteiger partial charge in [-0.2, -0.15) is 10.4 Å². The predicted octanol–water partition coefficient (Wildman–Crippen LogP) is 2.50. The molecule has 5 rings (SSSR count). The number of hydrogen-bond acceptors (Lipinski definition) is 7. The first-order valence-electron chi connectivity index (χ1n) is 9.39. The third-order valence-electron chi connectivity index (χ3n) is 5.21. The molecule has 0 unspecified atom stereocenters. The molecular weight excluding hydrogens is 406 g/mol. The molecule has 30 heavy (non-hydrogen) atoms. The van der Waals surface area contributed by atoms with E-state index in [1.807, 2.05) is 0 Å². The van der Waals surface area contributed by atoms with Gasteiger partial charge in [-0.15, -0.1) is 22.6 Å². The van der Waals surface area contributed by atoms with Crippen LogP contribution in [0.2, 0.25) is 0 Å². The van der Waals surface area contributed by atoms with Gasteiger partial charge in [-0.25, -0.2) is 4.52 Å². The number of piperidine rings is 1. The van der Waals surface area contributed by atoms with E-state index in [2.05, 4.69) is 31.7 Å². The number of halogens is 1.